The summed E-state index contributed by atoms with van der Waals surface area (Å²) in [6.07, 6.45) is 9.55. The minimum atomic E-state index is 0.0163. The highest BCUT2D eigenvalue weighted by Crippen LogP contribution is 2.20. The SMILES string of the molecule is Cn1c(CCCCCNC(=O)C2CCCN(c3ncccn3)C2)nc2ccccc21. The van der Waals surface area contributed by atoms with Gasteiger partial charge in [-0.2, -0.15) is 0 Å². The summed E-state index contributed by atoms with van der Waals surface area (Å²) in [5.74, 6) is 2.02. The third-order valence-corrected chi connectivity index (χ3v) is 5.88. The van der Waals surface area contributed by atoms with Gasteiger partial charge in [0, 0.05) is 45.5 Å². The summed E-state index contributed by atoms with van der Waals surface area (Å²) in [4.78, 5) is 28.1. The summed E-state index contributed by atoms with van der Waals surface area (Å²) in [5.41, 5.74) is 2.24. The number of aryl methyl sites for hydroxylation is 2. The van der Waals surface area contributed by atoms with E-state index in [1.807, 2.05) is 12.1 Å². The Bertz CT molecular complexity index is 970. The van der Waals surface area contributed by atoms with E-state index in [2.05, 4.69) is 50.0 Å². The number of anilines is 1. The van der Waals surface area contributed by atoms with E-state index in [1.165, 1.54) is 5.52 Å². The summed E-state index contributed by atoms with van der Waals surface area (Å²) in [6.45, 7) is 2.35. The number of nitrogens with zero attached hydrogens (tertiary/aromatic N) is 5. The molecular formula is C23H30N6O. The standard InChI is InChI=1S/C23H30N6O/c1-28-20-11-5-4-10-19(20)27-21(28)12-3-2-6-13-24-22(30)18-9-7-16-29(17-18)23-25-14-8-15-26-23/h4-5,8,10-11,14-15,18H,2-3,6-7,9,12-13,16-17H2,1H3,(H,24,30). The molecule has 1 aliphatic heterocycles. The van der Waals surface area contributed by atoms with Gasteiger partial charge in [-0.3, -0.25) is 4.79 Å². The fraction of sp³-hybridized carbons (Fsp3) is 0.478. The van der Waals surface area contributed by atoms with Crippen molar-refractivity contribution in [3.05, 3.63) is 48.5 Å². The number of carbonyl (C=O) groups is 1. The molecule has 0 radical (unpaired) electrons. The lowest BCUT2D eigenvalue weighted by atomic mass is 9.97. The zero-order valence-corrected chi connectivity index (χ0v) is 17.6. The van der Waals surface area contributed by atoms with Crippen LogP contribution in [0.15, 0.2) is 42.7 Å². The molecule has 7 nitrogen and oxygen atoms in total. The Morgan fingerprint density at radius 1 is 1.13 bits per heavy atom. The van der Waals surface area contributed by atoms with Gasteiger partial charge < -0.3 is 14.8 Å². The second kappa shape index (κ2) is 9.69. The first-order valence-electron chi connectivity index (χ1n) is 10.9. The summed E-state index contributed by atoms with van der Waals surface area (Å²) >= 11 is 0. The number of fused-ring (bicyclic) bond motifs is 1. The number of piperidine rings is 1. The molecule has 0 spiro atoms. The lowest BCUT2D eigenvalue weighted by molar-refractivity contribution is -0.125. The molecule has 30 heavy (non-hydrogen) atoms. The average Bonchev–Trinajstić information content (AvgIpc) is 3.12. The number of imidazole rings is 1. The van der Waals surface area contributed by atoms with Gasteiger partial charge in [-0.1, -0.05) is 18.6 Å². The third kappa shape index (κ3) is 4.78. The lowest BCUT2D eigenvalue weighted by Gasteiger charge is -2.31. The molecule has 0 aliphatic carbocycles. The van der Waals surface area contributed by atoms with Crippen LogP contribution >= 0.6 is 0 Å². The van der Waals surface area contributed by atoms with E-state index >= 15 is 0 Å². The zero-order chi connectivity index (χ0) is 20.8. The van der Waals surface area contributed by atoms with Crippen LogP contribution < -0.4 is 10.2 Å². The molecule has 2 aromatic heterocycles. The monoisotopic (exact) mass is 406 g/mol. The van der Waals surface area contributed by atoms with E-state index in [4.69, 9.17) is 4.98 Å². The number of unbranched alkanes of at least 4 members (excludes halogenated alkanes) is 2. The van der Waals surface area contributed by atoms with Crippen LogP contribution in [-0.2, 0) is 18.3 Å². The van der Waals surface area contributed by atoms with E-state index in [1.54, 1.807) is 12.4 Å². The second-order valence-corrected chi connectivity index (χ2v) is 8.01. The predicted octanol–water partition coefficient (Wildman–Crippen LogP) is 3.11. The highest BCUT2D eigenvalue weighted by Gasteiger charge is 2.26. The molecule has 3 aromatic rings. The van der Waals surface area contributed by atoms with Crippen LogP contribution in [0.4, 0.5) is 5.95 Å². The molecule has 1 aliphatic rings. The molecule has 1 atom stereocenters. The summed E-state index contributed by atoms with van der Waals surface area (Å²) in [5, 5.41) is 3.13. The van der Waals surface area contributed by atoms with Gasteiger partial charge in [0.15, 0.2) is 0 Å². The number of para-hydroxylation sites is 2. The van der Waals surface area contributed by atoms with Crippen molar-refractivity contribution in [3.63, 3.8) is 0 Å². The Morgan fingerprint density at radius 3 is 2.80 bits per heavy atom. The molecule has 7 heteroatoms. The van der Waals surface area contributed by atoms with Crippen molar-refractivity contribution >= 4 is 22.9 Å². The maximum absolute atomic E-state index is 12.6. The van der Waals surface area contributed by atoms with Gasteiger partial charge in [0.05, 0.1) is 17.0 Å². The minimum absolute atomic E-state index is 0.0163. The van der Waals surface area contributed by atoms with Gasteiger partial charge in [-0.15, -0.1) is 0 Å². The Morgan fingerprint density at radius 2 is 1.97 bits per heavy atom. The molecule has 1 unspecified atom stereocenters. The first-order chi connectivity index (χ1) is 14.7. The minimum Gasteiger partial charge on any atom is -0.356 e. The second-order valence-electron chi connectivity index (χ2n) is 8.01. The largest absolute Gasteiger partial charge is 0.356 e. The van der Waals surface area contributed by atoms with Crippen LogP contribution in [-0.4, -0.2) is 45.1 Å². The number of benzene rings is 1. The van der Waals surface area contributed by atoms with E-state index in [0.717, 1.165) is 68.9 Å². The highest BCUT2D eigenvalue weighted by molar-refractivity contribution is 5.79. The normalized spacial score (nSPS) is 16.7. The molecule has 1 N–H and O–H groups in total. The van der Waals surface area contributed by atoms with Crippen molar-refractivity contribution in [2.75, 3.05) is 24.5 Å². The van der Waals surface area contributed by atoms with Crippen molar-refractivity contribution in [2.45, 2.75) is 38.5 Å². The molecule has 4 rings (SSSR count). The smallest absolute Gasteiger partial charge is 0.225 e. The Labute approximate surface area is 177 Å². The summed E-state index contributed by atoms with van der Waals surface area (Å²) in [7, 11) is 2.08. The zero-order valence-electron chi connectivity index (χ0n) is 17.6. The first-order valence-corrected chi connectivity index (χ1v) is 10.9. The Kier molecular flexibility index (Phi) is 6.57. The highest BCUT2D eigenvalue weighted by atomic mass is 16.1. The number of aromatic nitrogens is 4. The fourth-order valence-corrected chi connectivity index (χ4v) is 4.19. The van der Waals surface area contributed by atoms with Crippen molar-refractivity contribution in [1.29, 1.82) is 0 Å². The van der Waals surface area contributed by atoms with Gasteiger partial charge in [0.1, 0.15) is 5.82 Å². The van der Waals surface area contributed by atoms with Crippen LogP contribution in [0.1, 0.15) is 37.9 Å². The Hall–Kier alpha value is -2.96. The molecule has 1 amide bonds. The molecular weight excluding hydrogens is 376 g/mol. The molecule has 3 heterocycles. The molecule has 0 saturated carbocycles. The molecule has 1 fully saturated rings. The van der Waals surface area contributed by atoms with Crippen LogP contribution in [0, 0.1) is 5.92 Å². The first kappa shape index (κ1) is 20.3. The quantitative estimate of drug-likeness (QED) is 0.582. The number of hydrogen-bond donors (Lipinski definition) is 1. The summed E-state index contributed by atoms with van der Waals surface area (Å²) < 4.78 is 2.18. The average molecular weight is 407 g/mol. The lowest BCUT2D eigenvalue weighted by Crippen LogP contribution is -2.43. The number of amides is 1. The van der Waals surface area contributed by atoms with Gasteiger partial charge >= 0.3 is 0 Å². The third-order valence-electron chi connectivity index (χ3n) is 5.88. The van der Waals surface area contributed by atoms with Crippen LogP contribution in [0.5, 0.6) is 0 Å². The number of hydrogen-bond acceptors (Lipinski definition) is 5. The van der Waals surface area contributed by atoms with Gasteiger partial charge in [-0.25, -0.2) is 15.0 Å². The van der Waals surface area contributed by atoms with Crippen LogP contribution in [0.25, 0.3) is 11.0 Å². The van der Waals surface area contributed by atoms with Crippen molar-refractivity contribution in [3.8, 4) is 0 Å². The van der Waals surface area contributed by atoms with E-state index in [0.29, 0.717) is 6.54 Å². The van der Waals surface area contributed by atoms with Gasteiger partial charge in [0.25, 0.3) is 0 Å². The topological polar surface area (TPSA) is 75.9 Å². The van der Waals surface area contributed by atoms with Crippen LogP contribution in [0.2, 0.25) is 0 Å². The van der Waals surface area contributed by atoms with Gasteiger partial charge in [0.2, 0.25) is 11.9 Å². The van der Waals surface area contributed by atoms with Gasteiger partial charge in [-0.05, 0) is 43.9 Å². The van der Waals surface area contributed by atoms with Crippen LogP contribution in [0.3, 0.4) is 0 Å². The number of nitrogens with one attached hydrogen (secondary N) is 1. The molecule has 1 aromatic carbocycles. The van der Waals surface area contributed by atoms with E-state index in [9.17, 15) is 4.79 Å². The van der Waals surface area contributed by atoms with E-state index < -0.39 is 0 Å². The van der Waals surface area contributed by atoms with Crippen molar-refractivity contribution < 1.29 is 4.79 Å². The number of rotatable bonds is 8. The number of carbonyl (C=O) groups excluding carboxylic acids is 1. The maximum atomic E-state index is 12.6. The van der Waals surface area contributed by atoms with Crippen molar-refractivity contribution in [1.82, 2.24) is 24.8 Å². The predicted molar refractivity (Wildman–Crippen MR) is 118 cm³/mol. The Balaban J connectivity index is 1.16. The fourth-order valence-electron chi connectivity index (χ4n) is 4.19. The van der Waals surface area contributed by atoms with Crippen molar-refractivity contribution in [2.24, 2.45) is 13.0 Å². The maximum Gasteiger partial charge on any atom is 0.225 e. The molecule has 1 saturated heterocycles. The molecule has 158 valence electrons. The summed E-state index contributed by atoms with van der Waals surface area (Å²) in [6, 6.07) is 10.1. The van der Waals surface area contributed by atoms with E-state index in [-0.39, 0.29) is 11.8 Å². The molecule has 0 bridgehead atoms.